The van der Waals surface area contributed by atoms with Crippen LogP contribution in [0, 0.1) is 5.92 Å². The van der Waals surface area contributed by atoms with Crippen LogP contribution in [0.5, 0.6) is 5.75 Å². The van der Waals surface area contributed by atoms with Gasteiger partial charge in [0.2, 0.25) is 0 Å². The van der Waals surface area contributed by atoms with Crippen molar-refractivity contribution in [2.24, 2.45) is 5.92 Å². The van der Waals surface area contributed by atoms with Crippen molar-refractivity contribution in [1.29, 1.82) is 0 Å². The second kappa shape index (κ2) is 8.01. The first-order valence-corrected chi connectivity index (χ1v) is 8.38. The quantitative estimate of drug-likeness (QED) is 0.746. The molecule has 0 aliphatic rings. The molecule has 0 spiro atoms. The molecule has 23 heavy (non-hydrogen) atoms. The molecule has 6 nitrogen and oxygen atoms in total. The molecule has 1 heterocycles. The van der Waals surface area contributed by atoms with Crippen LogP contribution in [0.3, 0.4) is 0 Å². The number of rotatable bonds is 8. The number of carboxylic acid groups (broad SMARTS) is 1. The Hall–Kier alpha value is -2.02. The Morgan fingerprint density at radius 3 is 2.87 bits per heavy atom. The van der Waals surface area contributed by atoms with E-state index in [0.29, 0.717) is 12.2 Å². The van der Waals surface area contributed by atoms with E-state index in [2.05, 4.69) is 10.3 Å². The molecule has 0 bridgehead atoms. The van der Waals surface area contributed by atoms with Crippen molar-refractivity contribution in [2.45, 2.75) is 37.0 Å². The number of carboxylic acids is 1. The molecule has 0 radical (unpaired) electrons. The van der Waals surface area contributed by atoms with E-state index in [0.717, 1.165) is 16.3 Å². The van der Waals surface area contributed by atoms with Gasteiger partial charge in [-0.05, 0) is 30.5 Å². The van der Waals surface area contributed by atoms with E-state index in [9.17, 15) is 9.90 Å². The van der Waals surface area contributed by atoms with Crippen molar-refractivity contribution in [1.82, 2.24) is 15.0 Å². The first-order chi connectivity index (χ1) is 11.0. The Morgan fingerprint density at radius 2 is 2.22 bits per heavy atom. The number of thioether (sulfide) groups is 1. The molecule has 0 aliphatic heterocycles. The van der Waals surface area contributed by atoms with E-state index in [1.807, 2.05) is 38.1 Å². The van der Waals surface area contributed by atoms with Gasteiger partial charge in [0.15, 0.2) is 6.04 Å². The predicted molar refractivity (Wildman–Crippen MR) is 88.7 cm³/mol. The maximum atomic E-state index is 11.4. The van der Waals surface area contributed by atoms with Crippen molar-refractivity contribution in [3.05, 3.63) is 36.2 Å². The fraction of sp³-hybridized carbons (Fsp3) is 0.438. The summed E-state index contributed by atoms with van der Waals surface area (Å²) in [6.45, 7) is 3.98. The SMILES string of the molecule is COc1cccc(SCc2cn([C@H](CC(C)C)C(=O)O)nn2)c1. The van der Waals surface area contributed by atoms with Gasteiger partial charge in [0.25, 0.3) is 0 Å². The number of aromatic nitrogens is 3. The minimum Gasteiger partial charge on any atom is -0.497 e. The summed E-state index contributed by atoms with van der Waals surface area (Å²) in [5.41, 5.74) is 0.757. The van der Waals surface area contributed by atoms with Crippen LogP contribution >= 0.6 is 11.8 Å². The number of methoxy groups -OCH3 is 1. The monoisotopic (exact) mass is 335 g/mol. The molecule has 2 rings (SSSR count). The maximum Gasteiger partial charge on any atom is 0.328 e. The van der Waals surface area contributed by atoms with Gasteiger partial charge in [0.05, 0.1) is 19.0 Å². The smallest absolute Gasteiger partial charge is 0.328 e. The van der Waals surface area contributed by atoms with Gasteiger partial charge in [0, 0.05) is 10.6 Å². The van der Waals surface area contributed by atoms with Crippen LogP contribution in [0.15, 0.2) is 35.4 Å². The molecule has 1 N–H and O–H groups in total. The molecular weight excluding hydrogens is 314 g/mol. The number of hydrogen-bond acceptors (Lipinski definition) is 5. The normalized spacial score (nSPS) is 12.3. The second-order valence-corrected chi connectivity index (χ2v) is 6.69. The Kier molecular flexibility index (Phi) is 6.04. The average molecular weight is 335 g/mol. The molecule has 124 valence electrons. The molecular formula is C16H21N3O3S. The molecule has 0 saturated carbocycles. The fourth-order valence-corrected chi connectivity index (χ4v) is 2.97. The summed E-state index contributed by atoms with van der Waals surface area (Å²) < 4.78 is 6.64. The van der Waals surface area contributed by atoms with E-state index >= 15 is 0 Å². The first-order valence-electron chi connectivity index (χ1n) is 7.40. The van der Waals surface area contributed by atoms with E-state index in [1.54, 1.807) is 25.1 Å². The lowest BCUT2D eigenvalue weighted by Gasteiger charge is -2.13. The van der Waals surface area contributed by atoms with Crippen LogP contribution in [0.25, 0.3) is 0 Å². The van der Waals surface area contributed by atoms with Crippen LogP contribution in [0.4, 0.5) is 0 Å². The molecule has 2 aromatic rings. The van der Waals surface area contributed by atoms with Crippen molar-refractivity contribution in [3.8, 4) is 5.75 Å². The Labute approximate surface area is 139 Å². The first kappa shape index (κ1) is 17.3. The van der Waals surface area contributed by atoms with Gasteiger partial charge in [-0.2, -0.15) is 0 Å². The fourth-order valence-electron chi connectivity index (χ4n) is 2.15. The van der Waals surface area contributed by atoms with Crippen LogP contribution in [0.2, 0.25) is 0 Å². The molecule has 1 aromatic carbocycles. The minimum atomic E-state index is -0.879. The largest absolute Gasteiger partial charge is 0.497 e. The van der Waals surface area contributed by atoms with Crippen molar-refractivity contribution in [3.63, 3.8) is 0 Å². The molecule has 7 heteroatoms. The lowest BCUT2D eigenvalue weighted by molar-refractivity contribution is -0.141. The van der Waals surface area contributed by atoms with E-state index in [4.69, 9.17) is 4.74 Å². The van der Waals surface area contributed by atoms with Gasteiger partial charge in [-0.25, -0.2) is 9.48 Å². The van der Waals surface area contributed by atoms with Gasteiger partial charge >= 0.3 is 5.97 Å². The number of benzene rings is 1. The average Bonchev–Trinajstić information content (AvgIpc) is 2.99. The third kappa shape index (κ3) is 4.99. The highest BCUT2D eigenvalue weighted by Crippen LogP contribution is 2.26. The van der Waals surface area contributed by atoms with Gasteiger partial charge < -0.3 is 9.84 Å². The predicted octanol–water partition coefficient (Wildman–Crippen LogP) is 3.25. The van der Waals surface area contributed by atoms with Gasteiger partial charge in [-0.15, -0.1) is 16.9 Å². The number of nitrogens with zero attached hydrogens (tertiary/aromatic N) is 3. The highest BCUT2D eigenvalue weighted by Gasteiger charge is 2.22. The Bertz CT molecular complexity index is 658. The lowest BCUT2D eigenvalue weighted by Crippen LogP contribution is -2.21. The van der Waals surface area contributed by atoms with Crippen LogP contribution < -0.4 is 4.74 Å². The molecule has 0 aliphatic carbocycles. The van der Waals surface area contributed by atoms with Crippen LogP contribution in [0.1, 0.15) is 32.0 Å². The summed E-state index contributed by atoms with van der Waals surface area (Å²) in [5, 5.41) is 17.4. The number of ether oxygens (including phenoxy) is 1. The van der Waals surface area contributed by atoms with E-state index < -0.39 is 12.0 Å². The summed E-state index contributed by atoms with van der Waals surface area (Å²) >= 11 is 1.61. The molecule has 0 amide bonds. The summed E-state index contributed by atoms with van der Waals surface area (Å²) in [6, 6.07) is 7.10. The van der Waals surface area contributed by atoms with Gasteiger partial charge in [-0.1, -0.05) is 25.1 Å². The van der Waals surface area contributed by atoms with Crippen LogP contribution in [-0.2, 0) is 10.5 Å². The highest BCUT2D eigenvalue weighted by molar-refractivity contribution is 7.98. The number of carbonyl (C=O) groups is 1. The Balaban J connectivity index is 2.02. The number of aliphatic carboxylic acids is 1. The standard InChI is InChI=1S/C16H21N3O3S/c1-11(2)7-15(16(20)21)19-9-12(17-18-19)10-23-14-6-4-5-13(8-14)22-3/h4-6,8-9,11,15H,7,10H2,1-3H3,(H,20,21)/t15-/m1/s1. The van der Waals surface area contributed by atoms with Crippen molar-refractivity contribution in [2.75, 3.05) is 7.11 Å². The minimum absolute atomic E-state index is 0.273. The second-order valence-electron chi connectivity index (χ2n) is 5.64. The highest BCUT2D eigenvalue weighted by atomic mass is 32.2. The molecule has 1 atom stereocenters. The topological polar surface area (TPSA) is 77.2 Å². The zero-order valence-electron chi connectivity index (χ0n) is 13.5. The summed E-state index contributed by atoms with van der Waals surface area (Å²) in [6.07, 6.45) is 2.25. The summed E-state index contributed by atoms with van der Waals surface area (Å²) in [7, 11) is 1.64. The van der Waals surface area contributed by atoms with E-state index in [-0.39, 0.29) is 5.92 Å². The van der Waals surface area contributed by atoms with E-state index in [1.165, 1.54) is 4.68 Å². The maximum absolute atomic E-state index is 11.4. The molecule has 1 aromatic heterocycles. The third-order valence-electron chi connectivity index (χ3n) is 3.28. The summed E-state index contributed by atoms with van der Waals surface area (Å²) in [5.74, 6) is 0.827. The van der Waals surface area contributed by atoms with Crippen LogP contribution in [-0.4, -0.2) is 33.2 Å². The lowest BCUT2D eigenvalue weighted by atomic mass is 10.0. The number of hydrogen-bond donors (Lipinski definition) is 1. The zero-order valence-corrected chi connectivity index (χ0v) is 14.3. The molecule has 0 saturated heterocycles. The third-order valence-corrected chi connectivity index (χ3v) is 4.31. The van der Waals surface area contributed by atoms with Gasteiger partial charge in [0.1, 0.15) is 5.75 Å². The summed E-state index contributed by atoms with van der Waals surface area (Å²) in [4.78, 5) is 12.5. The van der Waals surface area contributed by atoms with Crippen molar-refractivity contribution >= 4 is 17.7 Å². The Morgan fingerprint density at radius 1 is 1.43 bits per heavy atom. The zero-order chi connectivity index (χ0) is 16.8. The van der Waals surface area contributed by atoms with Crippen molar-refractivity contribution < 1.29 is 14.6 Å². The molecule has 0 fully saturated rings. The van der Waals surface area contributed by atoms with Gasteiger partial charge in [-0.3, -0.25) is 0 Å². The molecule has 0 unspecified atom stereocenters.